The minimum atomic E-state index is -3.56. The second kappa shape index (κ2) is 5.52. The molecule has 1 aromatic carbocycles. The Kier molecular flexibility index (Phi) is 3.82. The SMILES string of the molecule is C[C@@H]1C[C@@H](c2ccccc2)[C@H](C)N1S(=O)(=O)c1cn(C)cn1. The first kappa shape index (κ1) is 15.2. The van der Waals surface area contributed by atoms with Crippen LogP contribution < -0.4 is 0 Å². The van der Waals surface area contributed by atoms with Gasteiger partial charge in [-0.3, -0.25) is 0 Å². The van der Waals surface area contributed by atoms with Gasteiger partial charge in [-0.1, -0.05) is 30.3 Å². The summed E-state index contributed by atoms with van der Waals surface area (Å²) in [6.45, 7) is 3.96. The Labute approximate surface area is 131 Å². The highest BCUT2D eigenvalue weighted by Gasteiger charge is 2.44. The van der Waals surface area contributed by atoms with Gasteiger partial charge in [0.1, 0.15) is 0 Å². The third-order valence-corrected chi connectivity index (χ3v) is 6.45. The predicted octanol–water partition coefficient (Wildman–Crippen LogP) is 2.38. The van der Waals surface area contributed by atoms with Gasteiger partial charge in [0.25, 0.3) is 10.0 Å². The fourth-order valence-corrected chi connectivity index (χ4v) is 5.29. The lowest BCUT2D eigenvalue weighted by Gasteiger charge is -2.26. The van der Waals surface area contributed by atoms with Crippen LogP contribution in [0.3, 0.4) is 0 Å². The molecule has 0 unspecified atom stereocenters. The van der Waals surface area contributed by atoms with Crippen molar-refractivity contribution >= 4 is 10.0 Å². The van der Waals surface area contributed by atoms with Gasteiger partial charge >= 0.3 is 0 Å². The van der Waals surface area contributed by atoms with E-state index in [0.29, 0.717) is 0 Å². The minimum absolute atomic E-state index is 0.0350. The number of sulfonamides is 1. The van der Waals surface area contributed by atoms with Crippen molar-refractivity contribution in [3.05, 3.63) is 48.4 Å². The molecule has 0 aliphatic carbocycles. The van der Waals surface area contributed by atoms with Crippen LogP contribution in [0.5, 0.6) is 0 Å². The van der Waals surface area contributed by atoms with E-state index in [2.05, 4.69) is 17.1 Å². The third-order valence-electron chi connectivity index (χ3n) is 4.46. The standard InChI is InChI=1S/C16H21N3O2S/c1-12-9-15(14-7-5-4-6-8-14)13(2)19(12)22(20,21)16-10-18(3)11-17-16/h4-8,10-13,15H,9H2,1-3H3/t12-,13+,15-/m1/s1. The summed E-state index contributed by atoms with van der Waals surface area (Å²) in [6, 6.07) is 10.0. The molecule has 0 N–H and O–H groups in total. The van der Waals surface area contributed by atoms with Crippen LogP contribution in [0.4, 0.5) is 0 Å². The molecule has 1 fully saturated rings. The first-order chi connectivity index (χ1) is 10.4. The molecule has 0 spiro atoms. The molecule has 1 aromatic heterocycles. The number of nitrogens with zero attached hydrogens (tertiary/aromatic N) is 3. The summed E-state index contributed by atoms with van der Waals surface area (Å²) in [6.07, 6.45) is 3.91. The maximum atomic E-state index is 12.9. The van der Waals surface area contributed by atoms with E-state index in [1.54, 1.807) is 22.1 Å². The highest BCUT2D eigenvalue weighted by Crippen LogP contribution is 2.40. The molecule has 1 saturated heterocycles. The van der Waals surface area contributed by atoms with Gasteiger partial charge in [0.2, 0.25) is 0 Å². The molecular weight excluding hydrogens is 298 g/mol. The van der Waals surface area contributed by atoms with Crippen LogP contribution >= 0.6 is 0 Å². The summed E-state index contributed by atoms with van der Waals surface area (Å²) in [7, 11) is -1.78. The van der Waals surface area contributed by atoms with Crippen molar-refractivity contribution in [2.75, 3.05) is 0 Å². The Hall–Kier alpha value is -1.66. The van der Waals surface area contributed by atoms with Crippen molar-refractivity contribution in [3.63, 3.8) is 0 Å². The number of hydrogen-bond donors (Lipinski definition) is 0. The highest BCUT2D eigenvalue weighted by atomic mass is 32.2. The topological polar surface area (TPSA) is 55.2 Å². The average molecular weight is 319 g/mol. The maximum Gasteiger partial charge on any atom is 0.262 e. The fourth-order valence-electron chi connectivity index (χ4n) is 3.45. The molecular formula is C16H21N3O2S. The van der Waals surface area contributed by atoms with Gasteiger partial charge < -0.3 is 4.57 Å². The van der Waals surface area contributed by atoms with E-state index in [9.17, 15) is 8.42 Å². The van der Waals surface area contributed by atoms with Gasteiger partial charge in [-0.25, -0.2) is 13.4 Å². The smallest absolute Gasteiger partial charge is 0.262 e. The quantitative estimate of drug-likeness (QED) is 0.873. The molecule has 3 rings (SSSR count). The Bertz CT molecular complexity index is 755. The highest BCUT2D eigenvalue weighted by molar-refractivity contribution is 7.89. The zero-order valence-electron chi connectivity index (χ0n) is 13.0. The summed E-state index contributed by atoms with van der Waals surface area (Å²) in [5.41, 5.74) is 1.19. The Morgan fingerprint density at radius 2 is 1.86 bits per heavy atom. The average Bonchev–Trinajstić information content (AvgIpc) is 3.04. The Morgan fingerprint density at radius 1 is 1.18 bits per heavy atom. The van der Waals surface area contributed by atoms with Gasteiger partial charge in [0.15, 0.2) is 5.03 Å². The summed E-state index contributed by atoms with van der Waals surface area (Å²) < 4.78 is 29.1. The van der Waals surface area contributed by atoms with Crippen molar-refractivity contribution in [1.29, 1.82) is 0 Å². The molecule has 118 valence electrons. The predicted molar refractivity (Wildman–Crippen MR) is 85.0 cm³/mol. The molecule has 22 heavy (non-hydrogen) atoms. The fraction of sp³-hybridized carbons (Fsp3) is 0.438. The minimum Gasteiger partial charge on any atom is -0.339 e. The van der Waals surface area contributed by atoms with Gasteiger partial charge in [-0.15, -0.1) is 0 Å². The van der Waals surface area contributed by atoms with E-state index in [0.717, 1.165) is 6.42 Å². The number of hydrogen-bond acceptors (Lipinski definition) is 3. The van der Waals surface area contributed by atoms with Crippen LogP contribution in [0.15, 0.2) is 47.9 Å². The van der Waals surface area contributed by atoms with Crippen molar-refractivity contribution in [3.8, 4) is 0 Å². The lowest BCUT2D eigenvalue weighted by Crippen LogP contribution is -2.39. The zero-order valence-corrected chi connectivity index (χ0v) is 13.9. The molecule has 6 heteroatoms. The van der Waals surface area contributed by atoms with Crippen LogP contribution in [0.25, 0.3) is 0 Å². The van der Waals surface area contributed by atoms with E-state index in [1.807, 2.05) is 32.0 Å². The lowest BCUT2D eigenvalue weighted by atomic mass is 9.92. The molecule has 2 heterocycles. The number of imidazole rings is 1. The van der Waals surface area contributed by atoms with Crippen molar-refractivity contribution in [1.82, 2.24) is 13.9 Å². The summed E-state index contributed by atoms with van der Waals surface area (Å²) in [5, 5.41) is 0.127. The Morgan fingerprint density at radius 3 is 2.45 bits per heavy atom. The van der Waals surface area contributed by atoms with E-state index < -0.39 is 10.0 Å². The molecule has 0 saturated carbocycles. The van der Waals surface area contributed by atoms with Crippen molar-refractivity contribution < 1.29 is 8.42 Å². The molecule has 3 atom stereocenters. The first-order valence-corrected chi connectivity index (χ1v) is 8.91. The Balaban J connectivity index is 1.95. The van der Waals surface area contributed by atoms with Crippen LogP contribution in [-0.2, 0) is 17.1 Å². The molecule has 5 nitrogen and oxygen atoms in total. The second-order valence-electron chi connectivity index (χ2n) is 6.05. The zero-order chi connectivity index (χ0) is 15.9. The van der Waals surface area contributed by atoms with Crippen LogP contribution in [0, 0.1) is 0 Å². The van der Waals surface area contributed by atoms with Gasteiger partial charge in [-0.05, 0) is 25.8 Å². The molecule has 1 aliphatic rings. The van der Waals surface area contributed by atoms with E-state index in [1.165, 1.54) is 11.9 Å². The van der Waals surface area contributed by atoms with Crippen LogP contribution in [-0.4, -0.2) is 34.4 Å². The largest absolute Gasteiger partial charge is 0.339 e. The number of benzene rings is 1. The molecule has 1 aliphatic heterocycles. The summed E-state index contributed by atoms with van der Waals surface area (Å²) in [4.78, 5) is 4.03. The monoisotopic (exact) mass is 319 g/mol. The van der Waals surface area contributed by atoms with Crippen molar-refractivity contribution in [2.45, 2.75) is 43.3 Å². The van der Waals surface area contributed by atoms with Crippen LogP contribution in [0.1, 0.15) is 31.7 Å². The first-order valence-electron chi connectivity index (χ1n) is 7.47. The summed E-state index contributed by atoms with van der Waals surface area (Å²) in [5.74, 6) is 0.217. The maximum absolute atomic E-state index is 12.9. The van der Waals surface area contributed by atoms with Gasteiger partial charge in [0.05, 0.1) is 6.33 Å². The number of aromatic nitrogens is 2. The van der Waals surface area contributed by atoms with Gasteiger partial charge in [-0.2, -0.15) is 4.31 Å². The van der Waals surface area contributed by atoms with E-state index in [-0.39, 0.29) is 23.0 Å². The number of aryl methyl sites for hydroxylation is 1. The third kappa shape index (κ3) is 2.46. The molecule has 0 radical (unpaired) electrons. The normalized spacial score (nSPS) is 26.4. The summed E-state index contributed by atoms with van der Waals surface area (Å²) >= 11 is 0. The van der Waals surface area contributed by atoms with E-state index in [4.69, 9.17) is 0 Å². The van der Waals surface area contributed by atoms with Crippen molar-refractivity contribution in [2.24, 2.45) is 7.05 Å². The van der Waals surface area contributed by atoms with Gasteiger partial charge in [0, 0.05) is 31.2 Å². The lowest BCUT2D eigenvalue weighted by molar-refractivity contribution is 0.342. The van der Waals surface area contributed by atoms with Crippen LogP contribution in [0.2, 0.25) is 0 Å². The molecule has 2 aromatic rings. The van der Waals surface area contributed by atoms with E-state index >= 15 is 0 Å². The molecule has 0 bridgehead atoms. The number of rotatable bonds is 3. The second-order valence-corrected chi connectivity index (χ2v) is 7.84. The molecule has 0 amide bonds.